The Morgan fingerprint density at radius 3 is 2.20 bits per heavy atom. The number of oxime groups is 1. The summed E-state index contributed by atoms with van der Waals surface area (Å²) in [4.78, 5) is 0. The fourth-order valence-electron chi connectivity index (χ4n) is 2.12. The minimum absolute atomic E-state index is 1.07. The lowest BCUT2D eigenvalue weighted by atomic mass is 10.0. The third kappa shape index (κ3) is 6.32. The van der Waals surface area contributed by atoms with E-state index in [4.69, 9.17) is 5.21 Å². The fourth-order valence-corrected chi connectivity index (χ4v) is 2.12. The molecule has 0 bridgehead atoms. The summed E-state index contributed by atoms with van der Waals surface area (Å²) in [6, 6.07) is 0. The monoisotopic (exact) mass is 209 g/mol. The van der Waals surface area contributed by atoms with Gasteiger partial charge in [0, 0.05) is 0 Å². The molecule has 0 saturated carbocycles. The Morgan fingerprint density at radius 2 is 1.53 bits per heavy atom. The Morgan fingerprint density at radius 1 is 0.933 bits per heavy atom. The van der Waals surface area contributed by atoms with Crippen LogP contribution in [0.4, 0.5) is 0 Å². The highest BCUT2D eigenvalue weighted by molar-refractivity contribution is 5.77. The summed E-state index contributed by atoms with van der Waals surface area (Å²) in [5.74, 6) is 0. The van der Waals surface area contributed by atoms with Gasteiger partial charge in [-0.2, -0.15) is 0 Å². The molecule has 1 N–H and O–H groups in total. The van der Waals surface area contributed by atoms with Crippen molar-refractivity contribution in [3.05, 3.63) is 11.6 Å². The first-order valence-electron chi connectivity index (χ1n) is 6.30. The van der Waals surface area contributed by atoms with Crippen LogP contribution in [0.2, 0.25) is 0 Å². The number of hydrogen-bond acceptors (Lipinski definition) is 2. The Bertz CT molecular complexity index is 209. The summed E-state index contributed by atoms with van der Waals surface area (Å²) in [6.07, 6.45) is 16.8. The van der Waals surface area contributed by atoms with Gasteiger partial charge in [-0.05, 0) is 31.3 Å². The number of hydrogen-bond donors (Lipinski definition) is 1. The third-order valence-electron chi connectivity index (χ3n) is 3.05. The van der Waals surface area contributed by atoms with Gasteiger partial charge >= 0.3 is 0 Å². The average molecular weight is 209 g/mol. The van der Waals surface area contributed by atoms with E-state index in [1.54, 1.807) is 6.21 Å². The lowest BCUT2D eigenvalue weighted by Crippen LogP contribution is -1.90. The van der Waals surface area contributed by atoms with Gasteiger partial charge in [0.2, 0.25) is 0 Å². The van der Waals surface area contributed by atoms with Crippen LogP contribution in [0.5, 0.6) is 0 Å². The number of rotatable bonds is 1. The largest absolute Gasteiger partial charge is 0.411 e. The second-order valence-electron chi connectivity index (χ2n) is 4.39. The smallest absolute Gasteiger partial charge is 0.0690 e. The van der Waals surface area contributed by atoms with Crippen molar-refractivity contribution in [2.24, 2.45) is 5.16 Å². The van der Waals surface area contributed by atoms with Crippen molar-refractivity contribution in [3.8, 4) is 0 Å². The van der Waals surface area contributed by atoms with Crippen LogP contribution < -0.4 is 0 Å². The lowest BCUT2D eigenvalue weighted by molar-refractivity contribution is 0.321. The minimum atomic E-state index is 1.07. The second kappa shape index (κ2) is 8.51. The van der Waals surface area contributed by atoms with Gasteiger partial charge in [0.1, 0.15) is 0 Å². The molecule has 15 heavy (non-hydrogen) atoms. The third-order valence-corrected chi connectivity index (χ3v) is 3.05. The van der Waals surface area contributed by atoms with Gasteiger partial charge in [0.05, 0.1) is 6.21 Å². The number of nitrogens with zero attached hydrogens (tertiary/aromatic N) is 1. The van der Waals surface area contributed by atoms with E-state index in [-0.39, 0.29) is 0 Å². The van der Waals surface area contributed by atoms with Crippen LogP contribution in [0.25, 0.3) is 0 Å². The van der Waals surface area contributed by atoms with Crippen molar-refractivity contribution in [3.63, 3.8) is 0 Å². The van der Waals surface area contributed by atoms with Gasteiger partial charge in [-0.3, -0.25) is 0 Å². The van der Waals surface area contributed by atoms with E-state index in [0.717, 1.165) is 12.8 Å². The lowest BCUT2D eigenvalue weighted by Gasteiger charge is -2.05. The van der Waals surface area contributed by atoms with E-state index in [2.05, 4.69) is 11.2 Å². The Kier molecular flexibility index (Phi) is 6.97. The molecule has 2 nitrogen and oxygen atoms in total. The van der Waals surface area contributed by atoms with Crippen molar-refractivity contribution < 1.29 is 5.21 Å². The Balaban J connectivity index is 2.38. The second-order valence-corrected chi connectivity index (χ2v) is 4.39. The van der Waals surface area contributed by atoms with E-state index in [1.807, 2.05) is 0 Å². The Hall–Kier alpha value is -0.790. The van der Waals surface area contributed by atoms with E-state index in [0.29, 0.717) is 0 Å². The number of allylic oxidation sites excluding steroid dienone is 2. The van der Waals surface area contributed by atoms with E-state index in [9.17, 15) is 0 Å². The van der Waals surface area contributed by atoms with Crippen molar-refractivity contribution in [1.29, 1.82) is 0 Å². The van der Waals surface area contributed by atoms with Gasteiger partial charge in [-0.1, -0.05) is 49.8 Å². The van der Waals surface area contributed by atoms with Crippen molar-refractivity contribution in [2.45, 2.75) is 64.2 Å². The quantitative estimate of drug-likeness (QED) is 0.390. The van der Waals surface area contributed by atoms with Crippen molar-refractivity contribution in [2.75, 3.05) is 0 Å². The van der Waals surface area contributed by atoms with Crippen molar-refractivity contribution >= 4 is 6.21 Å². The minimum Gasteiger partial charge on any atom is -0.411 e. The summed E-state index contributed by atoms with van der Waals surface area (Å²) in [7, 11) is 0. The zero-order chi connectivity index (χ0) is 10.8. The first-order chi connectivity index (χ1) is 7.43. The van der Waals surface area contributed by atoms with Crippen LogP contribution >= 0.6 is 0 Å². The predicted molar refractivity (Wildman–Crippen MR) is 64.5 cm³/mol. The maximum Gasteiger partial charge on any atom is 0.0690 e. The predicted octanol–water partition coefficient (Wildman–Crippen LogP) is 4.29. The first-order valence-corrected chi connectivity index (χ1v) is 6.30. The van der Waals surface area contributed by atoms with Gasteiger partial charge < -0.3 is 5.21 Å². The maximum absolute atomic E-state index is 8.54. The van der Waals surface area contributed by atoms with Crippen LogP contribution in [0.3, 0.4) is 0 Å². The molecule has 2 heteroatoms. The molecule has 0 aliphatic heterocycles. The van der Waals surface area contributed by atoms with Gasteiger partial charge in [0.15, 0.2) is 0 Å². The van der Waals surface area contributed by atoms with Crippen LogP contribution in [0, 0.1) is 0 Å². The van der Waals surface area contributed by atoms with Crippen LogP contribution in [0.1, 0.15) is 64.2 Å². The molecule has 0 amide bonds. The molecule has 0 fully saturated rings. The molecule has 0 atom stereocenters. The normalized spacial score (nSPS) is 21.7. The molecule has 0 unspecified atom stereocenters. The summed E-state index contributed by atoms with van der Waals surface area (Å²) in [5, 5.41) is 11.7. The van der Waals surface area contributed by atoms with E-state index >= 15 is 0 Å². The SMILES string of the molecule is ON=CC1=CCCCCCCCCCC1. The first kappa shape index (κ1) is 12.3. The van der Waals surface area contributed by atoms with Gasteiger partial charge in [0.25, 0.3) is 0 Å². The van der Waals surface area contributed by atoms with Crippen LogP contribution in [-0.4, -0.2) is 11.4 Å². The summed E-state index contributed by atoms with van der Waals surface area (Å²) in [6.45, 7) is 0. The molecular formula is C13H23NO. The highest BCUT2D eigenvalue weighted by atomic mass is 16.4. The maximum atomic E-state index is 8.54. The molecule has 1 rings (SSSR count). The van der Waals surface area contributed by atoms with Gasteiger partial charge in [-0.25, -0.2) is 0 Å². The fraction of sp³-hybridized carbons (Fsp3) is 0.769. The van der Waals surface area contributed by atoms with Crippen LogP contribution in [0.15, 0.2) is 16.8 Å². The van der Waals surface area contributed by atoms with Gasteiger partial charge in [-0.15, -0.1) is 0 Å². The molecule has 0 radical (unpaired) electrons. The topological polar surface area (TPSA) is 32.6 Å². The summed E-state index contributed by atoms with van der Waals surface area (Å²) < 4.78 is 0. The highest BCUT2D eigenvalue weighted by Gasteiger charge is 1.98. The average Bonchev–Trinajstić information content (AvgIpc) is 2.22. The molecule has 0 aromatic rings. The van der Waals surface area contributed by atoms with E-state index in [1.165, 1.54) is 56.9 Å². The molecule has 1 aliphatic carbocycles. The zero-order valence-electron chi connectivity index (χ0n) is 9.62. The molecule has 0 saturated heterocycles. The molecular weight excluding hydrogens is 186 g/mol. The summed E-state index contributed by atoms with van der Waals surface area (Å²) in [5.41, 5.74) is 1.21. The molecule has 0 heterocycles. The molecule has 0 aromatic heterocycles. The Labute approximate surface area is 93.1 Å². The van der Waals surface area contributed by atoms with E-state index < -0.39 is 0 Å². The summed E-state index contributed by atoms with van der Waals surface area (Å²) >= 11 is 0. The molecule has 0 aromatic carbocycles. The molecule has 86 valence electrons. The molecule has 1 aliphatic rings. The molecule has 0 spiro atoms. The van der Waals surface area contributed by atoms with Crippen LogP contribution in [-0.2, 0) is 0 Å². The standard InChI is InChI=1S/C13H23NO/c15-14-12-13-10-8-6-4-2-1-3-5-7-9-11-13/h10,12,15H,1-9,11H2. The zero-order valence-corrected chi connectivity index (χ0v) is 9.62. The van der Waals surface area contributed by atoms with Crippen molar-refractivity contribution in [1.82, 2.24) is 0 Å². The highest BCUT2D eigenvalue weighted by Crippen LogP contribution is 2.15.